The van der Waals surface area contributed by atoms with Crippen LogP contribution in [0.15, 0.2) is 18.2 Å². The van der Waals surface area contributed by atoms with Crippen molar-refractivity contribution in [1.29, 1.82) is 0 Å². The van der Waals surface area contributed by atoms with Crippen LogP contribution in [0.2, 0.25) is 0 Å². The molecule has 1 aromatic carbocycles. The molecule has 0 saturated carbocycles. The zero-order valence-electron chi connectivity index (χ0n) is 10.8. The summed E-state index contributed by atoms with van der Waals surface area (Å²) in [7, 11) is 0. The molecule has 1 fully saturated rings. The summed E-state index contributed by atoms with van der Waals surface area (Å²) in [5.74, 6) is -0.341. The summed E-state index contributed by atoms with van der Waals surface area (Å²) in [5, 5.41) is 9.28. The molecule has 0 amide bonds. The van der Waals surface area contributed by atoms with Gasteiger partial charge >= 0.3 is 5.97 Å². The second kappa shape index (κ2) is 5.28. The van der Waals surface area contributed by atoms with Crippen molar-refractivity contribution < 1.29 is 19.4 Å². The van der Waals surface area contributed by atoms with Crippen LogP contribution in [-0.4, -0.2) is 30.5 Å². The molecule has 3 unspecified atom stereocenters. The number of nitrogens with two attached hydrogens (primary N) is 1. The van der Waals surface area contributed by atoms with E-state index in [-0.39, 0.29) is 0 Å². The molecule has 0 spiro atoms. The molecule has 1 saturated heterocycles. The van der Waals surface area contributed by atoms with Gasteiger partial charge in [-0.25, -0.2) is 10.9 Å². The number of hydrazine groups is 1. The van der Waals surface area contributed by atoms with Crippen LogP contribution >= 0.6 is 0 Å². The van der Waals surface area contributed by atoms with Crippen molar-refractivity contribution in [3.63, 3.8) is 0 Å². The smallest absolute Gasteiger partial charge is 0.311 e. The second-order valence-corrected chi connectivity index (χ2v) is 4.91. The molecule has 2 aliphatic rings. The van der Waals surface area contributed by atoms with Gasteiger partial charge < -0.3 is 20.3 Å². The second-order valence-electron chi connectivity index (χ2n) is 4.91. The van der Waals surface area contributed by atoms with Gasteiger partial charge in [-0.1, -0.05) is 6.07 Å². The van der Waals surface area contributed by atoms with Crippen LogP contribution in [0.3, 0.4) is 0 Å². The third-order valence-corrected chi connectivity index (χ3v) is 3.57. The molecule has 0 aliphatic carbocycles. The standard InChI is InChI=1S/C13H17N3O4/c14-12-10(13(17)18)11(15-16-12)7-2-3-8-9(6-7)20-5-1-4-19-8/h2-3,6,10-12,15-16H,1,4-5,14H2,(H,17,18). The predicted octanol–water partition coefficient (Wildman–Crippen LogP) is -0.0176. The van der Waals surface area contributed by atoms with Crippen molar-refractivity contribution in [3.8, 4) is 11.5 Å². The van der Waals surface area contributed by atoms with E-state index in [1.54, 1.807) is 6.07 Å². The van der Waals surface area contributed by atoms with Gasteiger partial charge in [0.05, 0.1) is 25.4 Å². The van der Waals surface area contributed by atoms with Crippen molar-refractivity contribution in [2.24, 2.45) is 11.7 Å². The molecule has 3 rings (SSSR count). The third-order valence-electron chi connectivity index (χ3n) is 3.57. The maximum Gasteiger partial charge on any atom is 0.311 e. The highest BCUT2D eigenvalue weighted by molar-refractivity contribution is 5.72. The number of benzene rings is 1. The summed E-state index contributed by atoms with van der Waals surface area (Å²) in [6, 6.07) is 5.05. The summed E-state index contributed by atoms with van der Waals surface area (Å²) in [6.45, 7) is 1.22. The third kappa shape index (κ3) is 2.31. The van der Waals surface area contributed by atoms with Crippen molar-refractivity contribution in [1.82, 2.24) is 10.9 Å². The molecule has 7 nitrogen and oxygen atoms in total. The van der Waals surface area contributed by atoms with Gasteiger partial charge in [0.15, 0.2) is 11.5 Å². The SMILES string of the molecule is NC1NNC(c2ccc3c(c2)OCCCO3)C1C(=O)O. The number of hydrogen-bond donors (Lipinski definition) is 4. The number of hydrogen-bond acceptors (Lipinski definition) is 6. The predicted molar refractivity (Wildman–Crippen MR) is 70.2 cm³/mol. The van der Waals surface area contributed by atoms with Gasteiger partial charge in [-0.05, 0) is 17.7 Å². The highest BCUT2D eigenvalue weighted by Crippen LogP contribution is 2.35. The normalized spacial score (nSPS) is 28.9. The quantitative estimate of drug-likeness (QED) is 0.603. The van der Waals surface area contributed by atoms with E-state index in [2.05, 4.69) is 10.9 Å². The lowest BCUT2D eigenvalue weighted by molar-refractivity contribution is -0.142. The van der Waals surface area contributed by atoms with Gasteiger partial charge in [-0.2, -0.15) is 0 Å². The fraction of sp³-hybridized carbons (Fsp3) is 0.462. The van der Waals surface area contributed by atoms with E-state index in [4.69, 9.17) is 15.2 Å². The Morgan fingerprint density at radius 3 is 2.75 bits per heavy atom. The molecule has 2 heterocycles. The van der Waals surface area contributed by atoms with Gasteiger partial charge in [0.25, 0.3) is 0 Å². The average molecular weight is 279 g/mol. The number of fused-ring (bicyclic) bond motifs is 1. The minimum atomic E-state index is -0.938. The number of carboxylic acid groups (broad SMARTS) is 1. The van der Waals surface area contributed by atoms with E-state index in [0.717, 1.165) is 12.0 Å². The molecule has 0 radical (unpaired) electrons. The van der Waals surface area contributed by atoms with Gasteiger partial charge in [0, 0.05) is 6.42 Å². The van der Waals surface area contributed by atoms with Crippen LogP contribution in [0.1, 0.15) is 18.0 Å². The molecular formula is C13H17N3O4. The van der Waals surface area contributed by atoms with E-state index in [0.29, 0.717) is 24.7 Å². The lowest BCUT2D eigenvalue weighted by Gasteiger charge is -2.18. The Morgan fingerprint density at radius 2 is 2.00 bits per heavy atom. The first-order valence-electron chi connectivity index (χ1n) is 6.56. The molecule has 3 atom stereocenters. The van der Waals surface area contributed by atoms with E-state index in [1.807, 2.05) is 12.1 Å². The van der Waals surface area contributed by atoms with E-state index >= 15 is 0 Å². The first-order chi connectivity index (χ1) is 9.66. The number of ether oxygens (including phenoxy) is 2. The largest absolute Gasteiger partial charge is 0.490 e. The fourth-order valence-electron chi connectivity index (χ4n) is 2.53. The first-order valence-corrected chi connectivity index (χ1v) is 6.56. The van der Waals surface area contributed by atoms with Crippen LogP contribution in [-0.2, 0) is 4.79 Å². The highest BCUT2D eigenvalue weighted by Gasteiger charge is 2.40. The van der Waals surface area contributed by atoms with Gasteiger partial charge in [0.2, 0.25) is 0 Å². The summed E-state index contributed by atoms with van der Waals surface area (Å²) >= 11 is 0. The maximum atomic E-state index is 11.3. The number of carbonyl (C=O) groups is 1. The molecular weight excluding hydrogens is 262 g/mol. The Kier molecular flexibility index (Phi) is 3.47. The lowest BCUT2D eigenvalue weighted by atomic mass is 9.93. The topological polar surface area (TPSA) is 106 Å². The van der Waals surface area contributed by atoms with Gasteiger partial charge in [0.1, 0.15) is 5.92 Å². The Labute approximate surface area is 116 Å². The van der Waals surface area contributed by atoms with Gasteiger partial charge in [-0.15, -0.1) is 0 Å². The van der Waals surface area contributed by atoms with Crippen LogP contribution < -0.4 is 26.1 Å². The number of aliphatic carboxylic acids is 1. The first kappa shape index (κ1) is 13.2. The van der Waals surface area contributed by atoms with Crippen molar-refractivity contribution in [3.05, 3.63) is 23.8 Å². The molecule has 0 bridgehead atoms. The Bertz CT molecular complexity index is 522. The zero-order valence-corrected chi connectivity index (χ0v) is 10.8. The minimum absolute atomic E-state index is 0.403. The van der Waals surface area contributed by atoms with E-state index in [1.165, 1.54) is 0 Å². The Morgan fingerprint density at radius 1 is 1.25 bits per heavy atom. The number of carboxylic acids is 1. The van der Waals surface area contributed by atoms with Crippen LogP contribution in [0.5, 0.6) is 11.5 Å². The number of nitrogens with one attached hydrogen (secondary N) is 2. The maximum absolute atomic E-state index is 11.3. The van der Waals surface area contributed by atoms with Crippen LogP contribution in [0.25, 0.3) is 0 Å². The minimum Gasteiger partial charge on any atom is -0.490 e. The average Bonchev–Trinajstić information content (AvgIpc) is 2.67. The summed E-state index contributed by atoms with van der Waals surface area (Å²) in [4.78, 5) is 11.3. The molecule has 0 aromatic heterocycles. The van der Waals surface area contributed by atoms with Crippen molar-refractivity contribution >= 4 is 5.97 Å². The molecule has 108 valence electrons. The molecule has 1 aromatic rings. The van der Waals surface area contributed by atoms with E-state index in [9.17, 15) is 9.90 Å². The van der Waals surface area contributed by atoms with Crippen molar-refractivity contribution in [2.45, 2.75) is 18.6 Å². The Balaban J connectivity index is 1.90. The van der Waals surface area contributed by atoms with Crippen molar-refractivity contribution in [2.75, 3.05) is 13.2 Å². The van der Waals surface area contributed by atoms with Crippen LogP contribution in [0, 0.1) is 5.92 Å². The van der Waals surface area contributed by atoms with Gasteiger partial charge in [-0.3, -0.25) is 4.79 Å². The molecule has 7 heteroatoms. The zero-order chi connectivity index (χ0) is 14.1. The lowest BCUT2D eigenvalue weighted by Crippen LogP contribution is -2.41. The molecule has 20 heavy (non-hydrogen) atoms. The Hall–Kier alpha value is -1.83. The fourth-order valence-corrected chi connectivity index (χ4v) is 2.53. The molecule has 2 aliphatic heterocycles. The summed E-state index contributed by atoms with van der Waals surface area (Å²) < 4.78 is 11.2. The van der Waals surface area contributed by atoms with E-state index < -0.39 is 24.1 Å². The highest BCUT2D eigenvalue weighted by atomic mass is 16.5. The molecule has 5 N–H and O–H groups in total. The summed E-state index contributed by atoms with van der Waals surface area (Å²) in [5.41, 5.74) is 12.3. The number of rotatable bonds is 2. The van der Waals surface area contributed by atoms with Crippen LogP contribution in [0.4, 0.5) is 0 Å². The summed E-state index contributed by atoms with van der Waals surface area (Å²) in [6.07, 6.45) is 0.198. The monoisotopic (exact) mass is 279 g/mol.